The van der Waals surface area contributed by atoms with Crippen LogP contribution in [0.1, 0.15) is 25.0 Å². The van der Waals surface area contributed by atoms with E-state index in [4.69, 9.17) is 0 Å². The number of nitrogens with zero attached hydrogens (tertiary/aromatic N) is 2. The molecule has 1 N–H and O–H groups in total. The average molecular weight is 239 g/mol. The first-order valence-electron chi connectivity index (χ1n) is 6.48. The minimum absolute atomic E-state index is 0.482. The molecule has 18 heavy (non-hydrogen) atoms. The molecular weight excluding hydrogens is 222 g/mol. The van der Waals surface area contributed by atoms with Crippen molar-refractivity contribution in [3.63, 3.8) is 0 Å². The maximum Gasteiger partial charge on any atom is 0.156 e. The summed E-state index contributed by atoms with van der Waals surface area (Å²) in [5.41, 5.74) is 0.986. The lowest BCUT2D eigenvalue weighted by Gasteiger charge is -2.20. The molecule has 1 aliphatic rings. The maximum atomic E-state index is 4.32. The number of hydrogen-bond acceptors (Lipinski definition) is 3. The zero-order valence-electron chi connectivity index (χ0n) is 10.6. The van der Waals surface area contributed by atoms with Crippen molar-refractivity contribution in [3.8, 4) is 0 Å². The topological polar surface area (TPSA) is 37.8 Å². The molecule has 0 saturated carbocycles. The smallest absolute Gasteiger partial charge is 0.156 e. The van der Waals surface area contributed by atoms with E-state index in [1.165, 1.54) is 17.2 Å². The first-order valence-corrected chi connectivity index (χ1v) is 6.48. The van der Waals surface area contributed by atoms with Crippen LogP contribution in [0.5, 0.6) is 0 Å². The van der Waals surface area contributed by atoms with Gasteiger partial charge in [0, 0.05) is 16.8 Å². The van der Waals surface area contributed by atoms with Crippen molar-refractivity contribution in [3.05, 3.63) is 42.1 Å². The van der Waals surface area contributed by atoms with Crippen molar-refractivity contribution in [1.29, 1.82) is 0 Å². The molecule has 1 aromatic carbocycles. The van der Waals surface area contributed by atoms with Gasteiger partial charge >= 0.3 is 0 Å². The van der Waals surface area contributed by atoms with Gasteiger partial charge in [-0.25, -0.2) is 0 Å². The van der Waals surface area contributed by atoms with Gasteiger partial charge in [-0.1, -0.05) is 36.4 Å². The van der Waals surface area contributed by atoms with E-state index in [9.17, 15) is 0 Å². The summed E-state index contributed by atoms with van der Waals surface area (Å²) in [5.74, 6) is 0.913. The Hall–Kier alpha value is -1.90. The molecule has 3 heteroatoms. The molecule has 0 amide bonds. The summed E-state index contributed by atoms with van der Waals surface area (Å²) in [7, 11) is 0. The van der Waals surface area contributed by atoms with Gasteiger partial charge in [-0.05, 0) is 26.2 Å². The predicted octanol–water partition coefficient (Wildman–Crippen LogP) is 3.46. The van der Waals surface area contributed by atoms with E-state index in [1.54, 1.807) is 0 Å². The van der Waals surface area contributed by atoms with E-state index < -0.39 is 0 Å². The first-order chi connectivity index (χ1) is 8.84. The Morgan fingerprint density at radius 2 is 1.94 bits per heavy atom. The van der Waals surface area contributed by atoms with Crippen LogP contribution in [0.2, 0.25) is 0 Å². The third-order valence-corrected chi connectivity index (χ3v) is 3.48. The minimum atomic E-state index is 0.482. The van der Waals surface area contributed by atoms with Crippen molar-refractivity contribution >= 4 is 16.6 Å². The van der Waals surface area contributed by atoms with Gasteiger partial charge in [-0.15, -0.1) is 5.10 Å². The fourth-order valence-corrected chi connectivity index (χ4v) is 2.46. The molecule has 0 bridgehead atoms. The lowest BCUT2D eigenvalue weighted by atomic mass is 10.0. The number of nitrogens with one attached hydrogen (secondary N) is 1. The molecular formula is C15H17N3. The highest BCUT2D eigenvalue weighted by atomic mass is 15.2. The molecule has 1 unspecified atom stereocenters. The fourth-order valence-electron chi connectivity index (χ4n) is 2.46. The summed E-state index contributed by atoms with van der Waals surface area (Å²) in [5, 5.41) is 14.4. The van der Waals surface area contributed by atoms with Crippen LogP contribution in [0.3, 0.4) is 0 Å². The van der Waals surface area contributed by atoms with Gasteiger partial charge < -0.3 is 5.32 Å². The molecule has 0 aliphatic heterocycles. The van der Waals surface area contributed by atoms with Crippen molar-refractivity contribution < 1.29 is 0 Å². The number of aryl methyl sites for hydroxylation is 1. The highest BCUT2D eigenvalue weighted by Gasteiger charge is 2.12. The van der Waals surface area contributed by atoms with E-state index in [-0.39, 0.29) is 0 Å². The monoisotopic (exact) mass is 239 g/mol. The number of rotatable bonds is 2. The minimum Gasteiger partial charge on any atom is -0.365 e. The molecule has 0 spiro atoms. The quantitative estimate of drug-likeness (QED) is 0.815. The lowest BCUT2D eigenvalue weighted by Crippen LogP contribution is -2.21. The van der Waals surface area contributed by atoms with Gasteiger partial charge in [0.25, 0.3) is 0 Å². The third kappa shape index (κ3) is 2.08. The normalized spacial score (nSPS) is 19.1. The second-order valence-corrected chi connectivity index (χ2v) is 4.81. The van der Waals surface area contributed by atoms with Gasteiger partial charge in [0.05, 0.1) is 5.69 Å². The Kier molecular flexibility index (Phi) is 2.97. The van der Waals surface area contributed by atoms with E-state index >= 15 is 0 Å². The molecule has 1 atom stereocenters. The van der Waals surface area contributed by atoms with Crippen molar-refractivity contribution in [1.82, 2.24) is 10.2 Å². The summed E-state index contributed by atoms with van der Waals surface area (Å²) in [6.07, 6.45) is 7.88. The van der Waals surface area contributed by atoms with Crippen molar-refractivity contribution in [2.45, 2.75) is 32.2 Å². The molecule has 0 saturated heterocycles. The SMILES string of the molecule is Cc1nnc(NC2CC=CCC2)c2ccccc12. The first kappa shape index (κ1) is 11.2. The van der Waals surface area contributed by atoms with Crippen molar-refractivity contribution in [2.75, 3.05) is 5.32 Å². The van der Waals surface area contributed by atoms with Crippen LogP contribution in [0.25, 0.3) is 10.8 Å². The van der Waals surface area contributed by atoms with Gasteiger partial charge in [0.2, 0.25) is 0 Å². The molecule has 2 aromatic rings. The van der Waals surface area contributed by atoms with E-state index in [2.05, 4.69) is 45.9 Å². The number of anilines is 1. The van der Waals surface area contributed by atoms with Crippen LogP contribution in [-0.2, 0) is 0 Å². The Bertz CT molecular complexity index is 589. The average Bonchev–Trinajstić information content (AvgIpc) is 2.44. The second-order valence-electron chi connectivity index (χ2n) is 4.81. The largest absolute Gasteiger partial charge is 0.365 e. The van der Waals surface area contributed by atoms with E-state index in [1.807, 2.05) is 13.0 Å². The van der Waals surface area contributed by atoms with Gasteiger partial charge in [0.15, 0.2) is 5.82 Å². The zero-order chi connectivity index (χ0) is 12.4. The molecule has 1 heterocycles. The number of aromatic nitrogens is 2. The number of benzene rings is 1. The molecule has 3 rings (SSSR count). The fraction of sp³-hybridized carbons (Fsp3) is 0.333. The summed E-state index contributed by atoms with van der Waals surface area (Å²) in [4.78, 5) is 0. The van der Waals surface area contributed by atoms with E-state index in [0.717, 1.165) is 24.4 Å². The second kappa shape index (κ2) is 4.77. The Balaban J connectivity index is 1.96. The zero-order valence-corrected chi connectivity index (χ0v) is 10.6. The highest BCUT2D eigenvalue weighted by molar-refractivity contribution is 5.92. The van der Waals surface area contributed by atoms with Gasteiger partial charge in [-0.2, -0.15) is 5.10 Å². The summed E-state index contributed by atoms with van der Waals surface area (Å²) < 4.78 is 0. The third-order valence-electron chi connectivity index (χ3n) is 3.48. The molecule has 0 fully saturated rings. The van der Waals surface area contributed by atoms with Crippen LogP contribution >= 0.6 is 0 Å². The van der Waals surface area contributed by atoms with Crippen LogP contribution in [0, 0.1) is 6.92 Å². The standard InChI is InChI=1S/C15H17N3/c1-11-13-9-5-6-10-14(13)15(18-17-11)16-12-7-3-2-4-8-12/h2-3,5-6,9-10,12H,4,7-8H2,1H3,(H,16,18). The predicted molar refractivity (Wildman–Crippen MR) is 74.7 cm³/mol. The summed E-state index contributed by atoms with van der Waals surface area (Å²) in [6, 6.07) is 8.79. The van der Waals surface area contributed by atoms with Gasteiger partial charge in [-0.3, -0.25) is 0 Å². The van der Waals surface area contributed by atoms with Crippen LogP contribution in [0.15, 0.2) is 36.4 Å². The summed E-state index contributed by atoms with van der Waals surface area (Å²) in [6.45, 7) is 2.00. The highest BCUT2D eigenvalue weighted by Crippen LogP contribution is 2.24. The van der Waals surface area contributed by atoms with Gasteiger partial charge in [0.1, 0.15) is 0 Å². The molecule has 92 valence electrons. The lowest BCUT2D eigenvalue weighted by molar-refractivity contribution is 0.641. The van der Waals surface area contributed by atoms with Crippen LogP contribution in [0.4, 0.5) is 5.82 Å². The molecule has 0 radical (unpaired) electrons. The summed E-state index contributed by atoms with van der Waals surface area (Å²) >= 11 is 0. The Labute approximate surface area is 107 Å². The van der Waals surface area contributed by atoms with Crippen molar-refractivity contribution in [2.24, 2.45) is 0 Å². The number of hydrogen-bond donors (Lipinski definition) is 1. The maximum absolute atomic E-state index is 4.32. The molecule has 1 aliphatic carbocycles. The number of fused-ring (bicyclic) bond motifs is 1. The Morgan fingerprint density at radius 3 is 2.72 bits per heavy atom. The van der Waals surface area contributed by atoms with E-state index in [0.29, 0.717) is 6.04 Å². The molecule has 3 nitrogen and oxygen atoms in total. The van der Waals surface area contributed by atoms with Crippen LogP contribution < -0.4 is 5.32 Å². The molecule has 1 aromatic heterocycles. The Morgan fingerprint density at radius 1 is 1.11 bits per heavy atom. The number of allylic oxidation sites excluding steroid dienone is 1. The van der Waals surface area contributed by atoms with Crippen LogP contribution in [-0.4, -0.2) is 16.2 Å².